The first-order chi connectivity index (χ1) is 8.72. The molecule has 6 nitrogen and oxygen atoms in total. The first-order valence-corrected chi connectivity index (χ1v) is 5.55. The Morgan fingerprint density at radius 1 is 1.53 bits per heavy atom. The highest BCUT2D eigenvalue weighted by Gasteiger charge is 2.50. The van der Waals surface area contributed by atoms with Gasteiger partial charge in [0.05, 0.1) is 17.0 Å². The molecule has 0 aliphatic carbocycles. The van der Waals surface area contributed by atoms with Gasteiger partial charge in [0, 0.05) is 0 Å². The number of carbonyl (C=O) groups is 1. The van der Waals surface area contributed by atoms with Gasteiger partial charge in [-0.15, -0.1) is 0 Å². The molecule has 1 aromatic rings. The monoisotopic (exact) mass is 270 g/mol. The van der Waals surface area contributed by atoms with Gasteiger partial charge in [0.1, 0.15) is 11.6 Å². The van der Waals surface area contributed by atoms with Crippen molar-refractivity contribution in [2.24, 2.45) is 0 Å². The molecule has 2 rings (SSSR count). The first kappa shape index (κ1) is 13.6. The maximum absolute atomic E-state index is 13.5. The lowest BCUT2D eigenvalue weighted by Crippen LogP contribution is -2.67. The SMILES string of the molecule is CO[B-]1(O)Oc2c(ccc(F)c2C(=O)[O-])OC1(C)C. The van der Waals surface area contributed by atoms with E-state index in [2.05, 4.69) is 0 Å². The Morgan fingerprint density at radius 3 is 2.68 bits per heavy atom. The van der Waals surface area contributed by atoms with E-state index in [-0.39, 0.29) is 5.75 Å². The van der Waals surface area contributed by atoms with E-state index >= 15 is 0 Å². The Bertz CT molecular complexity index is 546. The fraction of sp³-hybridized carbons (Fsp3) is 0.364. The van der Waals surface area contributed by atoms with Crippen LogP contribution >= 0.6 is 0 Å². The lowest BCUT2D eigenvalue weighted by Gasteiger charge is -2.51. The van der Waals surface area contributed by atoms with Crippen LogP contribution < -0.4 is 14.5 Å². The predicted molar refractivity (Wildman–Crippen MR) is 61.0 cm³/mol. The van der Waals surface area contributed by atoms with Crippen molar-refractivity contribution in [3.05, 3.63) is 23.5 Å². The number of carboxylic acids is 1. The van der Waals surface area contributed by atoms with E-state index in [0.29, 0.717) is 0 Å². The summed E-state index contributed by atoms with van der Waals surface area (Å²) in [6.07, 6.45) is 0. The number of fused-ring (bicyclic) bond motifs is 1. The molecule has 0 spiro atoms. The van der Waals surface area contributed by atoms with Crippen LogP contribution in [0.5, 0.6) is 11.5 Å². The number of halogens is 1. The van der Waals surface area contributed by atoms with Gasteiger partial charge in [0.2, 0.25) is 0 Å². The van der Waals surface area contributed by atoms with Crippen molar-refractivity contribution in [2.45, 2.75) is 19.3 Å². The van der Waals surface area contributed by atoms with Crippen molar-refractivity contribution < 1.29 is 33.4 Å². The van der Waals surface area contributed by atoms with Crippen LogP contribution in [-0.4, -0.2) is 30.4 Å². The van der Waals surface area contributed by atoms with E-state index in [1.807, 2.05) is 0 Å². The van der Waals surface area contributed by atoms with Gasteiger partial charge in [-0.3, -0.25) is 0 Å². The summed E-state index contributed by atoms with van der Waals surface area (Å²) >= 11 is 0. The number of aromatic carboxylic acids is 1. The Kier molecular flexibility index (Phi) is 2.95. The molecule has 0 fully saturated rings. The number of carboxylic acid groups (broad SMARTS) is 1. The maximum Gasteiger partial charge on any atom is 0.475 e. The minimum Gasteiger partial charge on any atom is -0.665 e. The lowest BCUT2D eigenvalue weighted by molar-refractivity contribution is -0.255. The Balaban J connectivity index is 2.64. The summed E-state index contributed by atoms with van der Waals surface area (Å²) in [4.78, 5) is 11.0. The van der Waals surface area contributed by atoms with Crippen LogP contribution in [0.4, 0.5) is 4.39 Å². The van der Waals surface area contributed by atoms with Crippen LogP contribution in [0.3, 0.4) is 0 Å². The van der Waals surface area contributed by atoms with Crippen LogP contribution in [0.25, 0.3) is 0 Å². The molecule has 19 heavy (non-hydrogen) atoms. The van der Waals surface area contributed by atoms with E-state index in [0.717, 1.165) is 6.07 Å². The minimum atomic E-state index is -2.98. The summed E-state index contributed by atoms with van der Waals surface area (Å²) in [5.41, 5.74) is -2.08. The molecule has 0 aromatic heterocycles. The average molecular weight is 270 g/mol. The lowest BCUT2D eigenvalue weighted by atomic mass is 9.60. The number of hydrogen-bond donors (Lipinski definition) is 1. The van der Waals surface area contributed by atoms with Crippen molar-refractivity contribution in [3.63, 3.8) is 0 Å². The van der Waals surface area contributed by atoms with Gasteiger partial charge in [-0.2, -0.15) is 0 Å². The maximum atomic E-state index is 13.5. The van der Waals surface area contributed by atoms with Crippen LogP contribution in [0.15, 0.2) is 12.1 Å². The van der Waals surface area contributed by atoms with Crippen molar-refractivity contribution >= 4 is 12.7 Å². The van der Waals surface area contributed by atoms with Crippen LogP contribution in [0.1, 0.15) is 24.2 Å². The number of carbonyl (C=O) groups excluding carboxylic acids is 1. The second kappa shape index (κ2) is 4.11. The van der Waals surface area contributed by atoms with Crippen molar-refractivity contribution in [3.8, 4) is 11.5 Å². The van der Waals surface area contributed by atoms with Gasteiger partial charge in [-0.1, -0.05) is 0 Å². The van der Waals surface area contributed by atoms with E-state index in [1.165, 1.54) is 27.0 Å². The van der Waals surface area contributed by atoms with E-state index in [9.17, 15) is 19.3 Å². The average Bonchev–Trinajstić information content (AvgIpc) is 2.30. The summed E-state index contributed by atoms with van der Waals surface area (Å²) in [6.45, 7) is 0.0230. The minimum absolute atomic E-state index is 0.00537. The summed E-state index contributed by atoms with van der Waals surface area (Å²) in [5.74, 6) is -3.26. The fourth-order valence-corrected chi connectivity index (χ4v) is 1.92. The predicted octanol–water partition coefficient (Wildman–Crippen LogP) is -0.144. The summed E-state index contributed by atoms with van der Waals surface area (Å²) < 4.78 is 29.0. The topological polar surface area (TPSA) is 88.0 Å². The second-order valence-corrected chi connectivity index (χ2v) is 4.77. The zero-order valence-electron chi connectivity index (χ0n) is 10.6. The third-order valence-electron chi connectivity index (χ3n) is 3.12. The van der Waals surface area contributed by atoms with Gasteiger partial charge in [-0.05, 0) is 33.1 Å². The zero-order chi connectivity index (χ0) is 14.4. The highest BCUT2D eigenvalue weighted by atomic mass is 19.1. The molecule has 0 saturated heterocycles. The van der Waals surface area contributed by atoms with Crippen molar-refractivity contribution in [1.29, 1.82) is 0 Å². The van der Waals surface area contributed by atoms with Crippen molar-refractivity contribution in [1.82, 2.24) is 0 Å². The molecule has 1 aliphatic rings. The first-order valence-electron chi connectivity index (χ1n) is 5.55. The highest BCUT2D eigenvalue weighted by molar-refractivity contribution is 6.63. The molecule has 1 atom stereocenters. The second-order valence-electron chi connectivity index (χ2n) is 4.77. The number of ether oxygens (including phenoxy) is 1. The molecule has 0 saturated carbocycles. The third kappa shape index (κ3) is 1.93. The normalized spacial score (nSPS) is 24.1. The van der Waals surface area contributed by atoms with E-state index in [1.54, 1.807) is 0 Å². The molecule has 0 radical (unpaired) electrons. The molecule has 1 aliphatic heterocycles. The molecular formula is C11H12BFO6-2. The van der Waals surface area contributed by atoms with E-state index < -0.39 is 35.4 Å². The molecule has 1 unspecified atom stereocenters. The summed E-state index contributed by atoms with van der Waals surface area (Å²) in [5, 5.41) is 21.2. The molecular weight excluding hydrogens is 258 g/mol. The third-order valence-corrected chi connectivity index (χ3v) is 3.12. The van der Waals surface area contributed by atoms with Gasteiger partial charge >= 0.3 is 6.75 Å². The smallest absolute Gasteiger partial charge is 0.475 e. The largest absolute Gasteiger partial charge is 0.665 e. The number of hydrogen-bond acceptors (Lipinski definition) is 6. The number of rotatable bonds is 2. The van der Waals surface area contributed by atoms with Gasteiger partial charge in [0.25, 0.3) is 0 Å². The molecule has 104 valence electrons. The standard InChI is InChI=1S/C11H13BFO6/c1-11(2)12(16,17-3)19-9-7(18-11)5-4-6(13)8(9)10(14)15/h4-5,16H,1-3H3,(H,14,15)/q-1/p-1. The summed E-state index contributed by atoms with van der Waals surface area (Å²) in [6, 6.07) is 2.14. The molecule has 1 aromatic carbocycles. The van der Waals surface area contributed by atoms with Crippen LogP contribution in [-0.2, 0) is 4.65 Å². The van der Waals surface area contributed by atoms with Gasteiger partial charge in [-0.25, -0.2) is 4.39 Å². The van der Waals surface area contributed by atoms with Crippen molar-refractivity contribution in [2.75, 3.05) is 7.11 Å². The zero-order valence-corrected chi connectivity index (χ0v) is 10.6. The summed E-state index contributed by atoms with van der Waals surface area (Å²) in [7, 11) is 1.17. The molecule has 8 heteroatoms. The Morgan fingerprint density at radius 2 is 2.16 bits per heavy atom. The number of benzene rings is 1. The molecule has 1 heterocycles. The molecule has 0 bridgehead atoms. The van der Waals surface area contributed by atoms with Crippen LogP contribution in [0.2, 0.25) is 0 Å². The molecule has 1 N–H and O–H groups in total. The van der Waals surface area contributed by atoms with Gasteiger partial charge < -0.3 is 29.0 Å². The Labute approximate surface area is 108 Å². The van der Waals surface area contributed by atoms with Crippen LogP contribution in [0, 0.1) is 5.82 Å². The quantitative estimate of drug-likeness (QED) is 0.752. The molecule has 0 amide bonds. The Hall–Kier alpha value is -1.80. The highest BCUT2D eigenvalue weighted by Crippen LogP contribution is 2.43. The van der Waals surface area contributed by atoms with Gasteiger partial charge in [0.15, 0.2) is 5.75 Å². The fourth-order valence-electron chi connectivity index (χ4n) is 1.92. The van der Waals surface area contributed by atoms with E-state index in [4.69, 9.17) is 14.0 Å².